The topological polar surface area (TPSA) is 42.7 Å². The maximum absolute atomic E-state index is 4.50. The molecule has 4 nitrogen and oxygen atoms in total. The Bertz CT molecular complexity index is 559. The fourth-order valence-electron chi connectivity index (χ4n) is 2.62. The number of nitrogens with one attached hydrogen (secondary N) is 1. The van der Waals surface area contributed by atoms with Crippen molar-refractivity contribution < 1.29 is 0 Å². The summed E-state index contributed by atoms with van der Waals surface area (Å²) in [5.41, 5.74) is 3.08. The molecule has 0 amide bonds. The molecule has 1 unspecified atom stereocenters. The number of hydrogen-bond acceptors (Lipinski definition) is 3. The third kappa shape index (κ3) is 3.50. The average molecular weight is 274 g/mol. The molecule has 2 heterocycles. The van der Waals surface area contributed by atoms with E-state index >= 15 is 0 Å². The van der Waals surface area contributed by atoms with Crippen LogP contribution in [-0.4, -0.2) is 20.8 Å². The molecule has 0 fully saturated rings. The highest BCUT2D eigenvalue weighted by molar-refractivity contribution is 5.81. The van der Waals surface area contributed by atoms with Gasteiger partial charge in [-0.05, 0) is 26.3 Å². The lowest BCUT2D eigenvalue weighted by Crippen LogP contribution is -2.15. The lowest BCUT2D eigenvalue weighted by Gasteiger charge is -2.15. The van der Waals surface area contributed by atoms with Gasteiger partial charge in [0.15, 0.2) is 5.65 Å². The molecule has 4 heteroatoms. The molecule has 0 radical (unpaired) electrons. The standard InChI is InChI=1S/C16H26N4/c1-5-6-7-8-9-12(2)18-14-10-15-13(3)19-20(4)16(15)17-11-14/h10-12,18H,5-9H2,1-4H3. The molecule has 0 spiro atoms. The molecule has 2 aromatic rings. The summed E-state index contributed by atoms with van der Waals surface area (Å²) >= 11 is 0. The van der Waals surface area contributed by atoms with Gasteiger partial charge in [0.2, 0.25) is 0 Å². The van der Waals surface area contributed by atoms with E-state index in [-0.39, 0.29) is 0 Å². The summed E-state index contributed by atoms with van der Waals surface area (Å²) in [5.74, 6) is 0. The SMILES string of the molecule is CCCCCCC(C)Nc1cnc2c(c1)c(C)nn2C. The molecule has 1 atom stereocenters. The third-order valence-electron chi connectivity index (χ3n) is 3.77. The number of nitrogens with zero attached hydrogens (tertiary/aromatic N) is 3. The number of aryl methyl sites for hydroxylation is 2. The second kappa shape index (κ2) is 6.73. The predicted octanol–water partition coefficient (Wildman–Crippen LogP) is 4.05. The van der Waals surface area contributed by atoms with E-state index in [2.05, 4.69) is 35.3 Å². The molecule has 0 aromatic carbocycles. The molecule has 0 aliphatic rings. The fraction of sp³-hybridized carbons (Fsp3) is 0.625. The summed E-state index contributed by atoms with van der Waals surface area (Å²) in [4.78, 5) is 4.50. The molecule has 0 saturated heterocycles. The lowest BCUT2D eigenvalue weighted by atomic mass is 10.1. The predicted molar refractivity (Wildman–Crippen MR) is 85.1 cm³/mol. The van der Waals surface area contributed by atoms with Gasteiger partial charge in [-0.25, -0.2) is 4.98 Å². The van der Waals surface area contributed by atoms with Crippen LogP contribution < -0.4 is 5.32 Å². The number of fused-ring (bicyclic) bond motifs is 1. The highest BCUT2D eigenvalue weighted by Crippen LogP contribution is 2.20. The van der Waals surface area contributed by atoms with Crippen LogP contribution in [0.2, 0.25) is 0 Å². The van der Waals surface area contributed by atoms with Crippen molar-refractivity contribution in [2.24, 2.45) is 7.05 Å². The Morgan fingerprint density at radius 1 is 1.30 bits per heavy atom. The summed E-state index contributed by atoms with van der Waals surface area (Å²) in [6, 6.07) is 2.65. The van der Waals surface area contributed by atoms with Crippen molar-refractivity contribution in [3.63, 3.8) is 0 Å². The van der Waals surface area contributed by atoms with Crippen LogP contribution in [0.25, 0.3) is 11.0 Å². The molecule has 110 valence electrons. The Labute approximate surface area is 121 Å². The molecule has 0 aliphatic carbocycles. The quantitative estimate of drug-likeness (QED) is 0.775. The van der Waals surface area contributed by atoms with Crippen LogP contribution in [0, 0.1) is 6.92 Å². The van der Waals surface area contributed by atoms with E-state index in [4.69, 9.17) is 0 Å². The summed E-state index contributed by atoms with van der Waals surface area (Å²) in [7, 11) is 1.94. The van der Waals surface area contributed by atoms with Gasteiger partial charge in [0.05, 0.1) is 17.6 Å². The minimum absolute atomic E-state index is 0.489. The Balaban J connectivity index is 1.97. The van der Waals surface area contributed by atoms with Gasteiger partial charge in [-0.2, -0.15) is 5.10 Å². The minimum Gasteiger partial charge on any atom is -0.381 e. The average Bonchev–Trinajstić information content (AvgIpc) is 2.70. The maximum atomic E-state index is 4.50. The molecule has 2 aromatic heterocycles. The van der Waals surface area contributed by atoms with Crippen molar-refractivity contribution >= 4 is 16.7 Å². The van der Waals surface area contributed by atoms with Gasteiger partial charge >= 0.3 is 0 Å². The molecular formula is C16H26N4. The largest absolute Gasteiger partial charge is 0.381 e. The normalized spacial score (nSPS) is 12.8. The van der Waals surface area contributed by atoms with Gasteiger partial charge in [0.1, 0.15) is 0 Å². The number of unbranched alkanes of at least 4 members (excludes halogenated alkanes) is 3. The van der Waals surface area contributed by atoms with Crippen LogP contribution in [0.5, 0.6) is 0 Å². The Kier molecular flexibility index (Phi) is 4.99. The van der Waals surface area contributed by atoms with Crippen molar-refractivity contribution in [2.75, 3.05) is 5.32 Å². The van der Waals surface area contributed by atoms with Gasteiger partial charge in [-0.3, -0.25) is 4.68 Å². The second-order valence-corrected chi connectivity index (χ2v) is 5.70. The monoisotopic (exact) mass is 274 g/mol. The van der Waals surface area contributed by atoms with Crippen molar-refractivity contribution in [1.82, 2.24) is 14.8 Å². The molecule has 0 saturated carbocycles. The van der Waals surface area contributed by atoms with Crippen LogP contribution in [0.1, 0.15) is 51.6 Å². The molecule has 1 N–H and O–H groups in total. The number of pyridine rings is 1. The van der Waals surface area contributed by atoms with Crippen LogP contribution in [0.15, 0.2) is 12.3 Å². The van der Waals surface area contributed by atoms with Crippen LogP contribution >= 0.6 is 0 Å². The zero-order valence-corrected chi connectivity index (χ0v) is 13.1. The lowest BCUT2D eigenvalue weighted by molar-refractivity contribution is 0.594. The fourth-order valence-corrected chi connectivity index (χ4v) is 2.62. The maximum Gasteiger partial charge on any atom is 0.157 e. The van der Waals surface area contributed by atoms with Crippen LogP contribution in [-0.2, 0) is 7.05 Å². The molecule has 20 heavy (non-hydrogen) atoms. The number of rotatable bonds is 7. The van der Waals surface area contributed by atoms with E-state index < -0.39 is 0 Å². The summed E-state index contributed by atoms with van der Waals surface area (Å²) in [6.07, 6.45) is 8.39. The van der Waals surface area contributed by atoms with E-state index in [9.17, 15) is 0 Å². The number of aromatic nitrogens is 3. The van der Waals surface area contributed by atoms with Crippen molar-refractivity contribution in [1.29, 1.82) is 0 Å². The van der Waals surface area contributed by atoms with E-state index in [1.807, 2.05) is 24.9 Å². The molecular weight excluding hydrogens is 248 g/mol. The Morgan fingerprint density at radius 2 is 2.10 bits per heavy atom. The van der Waals surface area contributed by atoms with Crippen molar-refractivity contribution in [3.8, 4) is 0 Å². The number of hydrogen-bond donors (Lipinski definition) is 1. The third-order valence-corrected chi connectivity index (χ3v) is 3.77. The van der Waals surface area contributed by atoms with E-state index in [1.54, 1.807) is 0 Å². The Morgan fingerprint density at radius 3 is 2.85 bits per heavy atom. The smallest absolute Gasteiger partial charge is 0.157 e. The van der Waals surface area contributed by atoms with Gasteiger partial charge < -0.3 is 5.32 Å². The van der Waals surface area contributed by atoms with Gasteiger partial charge in [0.25, 0.3) is 0 Å². The van der Waals surface area contributed by atoms with E-state index in [1.165, 1.54) is 32.1 Å². The first-order chi connectivity index (χ1) is 9.61. The van der Waals surface area contributed by atoms with Crippen molar-refractivity contribution in [3.05, 3.63) is 18.0 Å². The second-order valence-electron chi connectivity index (χ2n) is 5.70. The summed E-state index contributed by atoms with van der Waals surface area (Å²) in [5, 5.41) is 9.09. The van der Waals surface area contributed by atoms with E-state index in [0.29, 0.717) is 6.04 Å². The molecule has 0 aliphatic heterocycles. The zero-order chi connectivity index (χ0) is 14.5. The first-order valence-corrected chi connectivity index (χ1v) is 7.67. The number of anilines is 1. The van der Waals surface area contributed by atoms with E-state index in [0.717, 1.165) is 22.4 Å². The minimum atomic E-state index is 0.489. The van der Waals surface area contributed by atoms with Crippen molar-refractivity contribution in [2.45, 2.75) is 58.9 Å². The Hall–Kier alpha value is -1.58. The first-order valence-electron chi connectivity index (χ1n) is 7.67. The summed E-state index contributed by atoms with van der Waals surface area (Å²) in [6.45, 7) is 6.52. The summed E-state index contributed by atoms with van der Waals surface area (Å²) < 4.78 is 1.84. The zero-order valence-electron chi connectivity index (χ0n) is 13.1. The highest BCUT2D eigenvalue weighted by Gasteiger charge is 2.08. The van der Waals surface area contributed by atoms with Gasteiger partial charge in [0, 0.05) is 18.5 Å². The first kappa shape index (κ1) is 14.8. The molecule has 0 bridgehead atoms. The highest BCUT2D eigenvalue weighted by atomic mass is 15.3. The van der Waals surface area contributed by atoms with Crippen LogP contribution in [0.4, 0.5) is 5.69 Å². The van der Waals surface area contributed by atoms with Crippen LogP contribution in [0.3, 0.4) is 0 Å². The molecule has 2 rings (SSSR count). The van der Waals surface area contributed by atoms with Gasteiger partial charge in [-0.1, -0.05) is 32.6 Å². The van der Waals surface area contributed by atoms with Gasteiger partial charge in [-0.15, -0.1) is 0 Å².